The summed E-state index contributed by atoms with van der Waals surface area (Å²) in [6, 6.07) is -0.493. The van der Waals surface area contributed by atoms with Gasteiger partial charge in [-0.05, 0) is 32.3 Å². The van der Waals surface area contributed by atoms with Gasteiger partial charge in [-0.1, -0.05) is 0 Å². The van der Waals surface area contributed by atoms with E-state index in [4.69, 9.17) is 5.73 Å². The highest BCUT2D eigenvalue weighted by Gasteiger charge is 2.17. The van der Waals surface area contributed by atoms with Crippen molar-refractivity contribution in [2.24, 2.45) is 5.73 Å². The van der Waals surface area contributed by atoms with Gasteiger partial charge in [-0.15, -0.1) is 23.7 Å². The van der Waals surface area contributed by atoms with Crippen molar-refractivity contribution >= 4 is 41.4 Å². The van der Waals surface area contributed by atoms with Crippen molar-refractivity contribution in [3.63, 3.8) is 0 Å². The maximum Gasteiger partial charge on any atom is 0.237 e. The number of carbonyl (C=O) groups is 1. The molecule has 1 aromatic rings. The Balaban J connectivity index is 0.00000289. The van der Waals surface area contributed by atoms with Crippen LogP contribution in [-0.4, -0.2) is 28.9 Å². The number of aromatic nitrogens is 1. The van der Waals surface area contributed by atoms with Crippen molar-refractivity contribution < 1.29 is 4.79 Å². The molecule has 3 N–H and O–H groups in total. The van der Waals surface area contributed by atoms with Crippen LogP contribution in [0.2, 0.25) is 0 Å². The summed E-state index contributed by atoms with van der Waals surface area (Å²) in [4.78, 5) is 17.2. The molecule has 1 heterocycles. The van der Waals surface area contributed by atoms with Crippen LogP contribution in [0.4, 0.5) is 0 Å². The van der Waals surface area contributed by atoms with Gasteiger partial charge in [0.05, 0.1) is 12.1 Å². The fourth-order valence-corrected chi connectivity index (χ4v) is 2.60. The number of hydrogen-bond acceptors (Lipinski definition) is 5. The molecule has 0 spiro atoms. The summed E-state index contributed by atoms with van der Waals surface area (Å²) in [6.45, 7) is 3.93. The molecule has 0 bridgehead atoms. The SMILES string of the molecule is CSCC[C@H](N)C(=O)NC(C)c1ncc(C)s1.Cl. The molecule has 2 atom stereocenters. The molecule has 0 aliphatic heterocycles. The van der Waals surface area contributed by atoms with Crippen molar-refractivity contribution in [2.45, 2.75) is 32.4 Å². The third-order valence-electron chi connectivity index (χ3n) is 2.34. The molecule has 1 amide bonds. The van der Waals surface area contributed by atoms with Crippen LogP contribution < -0.4 is 11.1 Å². The zero-order valence-electron chi connectivity index (χ0n) is 10.8. The van der Waals surface area contributed by atoms with E-state index in [-0.39, 0.29) is 24.4 Å². The molecular weight excluding hydrogens is 290 g/mol. The Morgan fingerprint density at radius 1 is 1.67 bits per heavy atom. The Bertz CT molecular complexity index is 373. The minimum absolute atomic E-state index is 0. The minimum atomic E-state index is -0.425. The maximum atomic E-state index is 11.8. The first-order chi connectivity index (χ1) is 8.04. The fraction of sp³-hybridized carbons (Fsp3) is 0.636. The second-order valence-electron chi connectivity index (χ2n) is 3.93. The quantitative estimate of drug-likeness (QED) is 0.844. The van der Waals surface area contributed by atoms with Crippen LogP contribution in [0.3, 0.4) is 0 Å². The van der Waals surface area contributed by atoms with E-state index in [1.54, 1.807) is 23.1 Å². The number of thioether (sulfide) groups is 1. The number of carbonyl (C=O) groups excluding carboxylic acids is 1. The maximum absolute atomic E-state index is 11.8. The zero-order valence-corrected chi connectivity index (χ0v) is 13.3. The number of amides is 1. The lowest BCUT2D eigenvalue weighted by atomic mass is 10.2. The first-order valence-electron chi connectivity index (χ1n) is 5.51. The summed E-state index contributed by atoms with van der Waals surface area (Å²) in [5.74, 6) is 0.804. The van der Waals surface area contributed by atoms with E-state index in [9.17, 15) is 4.79 Å². The first-order valence-corrected chi connectivity index (χ1v) is 7.73. The van der Waals surface area contributed by atoms with E-state index in [0.29, 0.717) is 6.42 Å². The van der Waals surface area contributed by atoms with Crippen LogP contribution in [0, 0.1) is 6.92 Å². The van der Waals surface area contributed by atoms with Crippen LogP contribution in [0.5, 0.6) is 0 Å². The van der Waals surface area contributed by atoms with E-state index < -0.39 is 6.04 Å². The molecule has 0 fully saturated rings. The predicted molar refractivity (Wildman–Crippen MR) is 81.6 cm³/mol. The molecule has 1 unspecified atom stereocenters. The van der Waals surface area contributed by atoms with Crippen molar-refractivity contribution in [3.05, 3.63) is 16.1 Å². The molecule has 4 nitrogen and oxygen atoms in total. The smallest absolute Gasteiger partial charge is 0.237 e. The first kappa shape index (κ1) is 17.7. The van der Waals surface area contributed by atoms with E-state index in [1.165, 1.54) is 0 Å². The summed E-state index contributed by atoms with van der Waals surface area (Å²) < 4.78 is 0. The molecule has 0 aliphatic carbocycles. The van der Waals surface area contributed by atoms with Crippen LogP contribution in [0.1, 0.15) is 29.3 Å². The second kappa shape index (κ2) is 8.74. The van der Waals surface area contributed by atoms with Crippen LogP contribution in [0.25, 0.3) is 0 Å². The molecule has 0 aromatic carbocycles. The third-order valence-corrected chi connectivity index (χ3v) is 4.08. The fourth-order valence-electron chi connectivity index (χ4n) is 1.33. The van der Waals surface area contributed by atoms with Crippen LogP contribution in [0.15, 0.2) is 6.20 Å². The van der Waals surface area contributed by atoms with Crippen molar-refractivity contribution in [1.82, 2.24) is 10.3 Å². The summed E-state index contributed by atoms with van der Waals surface area (Å²) in [5, 5.41) is 3.82. The normalized spacial score (nSPS) is 13.6. The lowest BCUT2D eigenvalue weighted by molar-refractivity contribution is -0.123. The Kier molecular flexibility index (Phi) is 8.60. The average molecular weight is 310 g/mol. The van der Waals surface area contributed by atoms with E-state index in [1.807, 2.05) is 26.3 Å². The molecular formula is C11H20ClN3OS2. The second-order valence-corrected chi connectivity index (χ2v) is 6.18. The lowest BCUT2D eigenvalue weighted by Gasteiger charge is -2.15. The van der Waals surface area contributed by atoms with Gasteiger partial charge in [0.15, 0.2) is 0 Å². The number of aryl methyl sites for hydroxylation is 1. The highest BCUT2D eigenvalue weighted by molar-refractivity contribution is 7.98. The minimum Gasteiger partial charge on any atom is -0.346 e. The number of hydrogen-bond donors (Lipinski definition) is 2. The molecule has 18 heavy (non-hydrogen) atoms. The molecule has 0 radical (unpaired) electrons. The molecule has 0 aliphatic rings. The van der Waals surface area contributed by atoms with Gasteiger partial charge in [0.1, 0.15) is 5.01 Å². The van der Waals surface area contributed by atoms with E-state index in [2.05, 4.69) is 10.3 Å². The van der Waals surface area contributed by atoms with Gasteiger partial charge in [0.25, 0.3) is 0 Å². The molecule has 0 saturated carbocycles. The van der Waals surface area contributed by atoms with Gasteiger partial charge < -0.3 is 11.1 Å². The van der Waals surface area contributed by atoms with Crippen LogP contribution in [-0.2, 0) is 4.79 Å². The number of halogens is 1. The molecule has 1 aromatic heterocycles. The Morgan fingerprint density at radius 3 is 2.83 bits per heavy atom. The van der Waals surface area contributed by atoms with Gasteiger partial charge in [0, 0.05) is 11.1 Å². The standard InChI is InChI=1S/C11H19N3OS2.ClH/c1-7-6-13-11(17-7)8(2)14-10(15)9(12)4-5-16-3;/h6,8-9H,4-5,12H2,1-3H3,(H,14,15);1H/t8?,9-;/m0./s1. The molecule has 1 rings (SSSR count). The Labute approximate surface area is 123 Å². The van der Waals surface area contributed by atoms with E-state index in [0.717, 1.165) is 15.6 Å². The summed E-state index contributed by atoms with van der Waals surface area (Å²) in [6.07, 6.45) is 4.53. The number of rotatable bonds is 6. The molecule has 0 saturated heterocycles. The predicted octanol–water partition coefficient (Wildman–Crippen LogP) is 2.13. The molecule has 104 valence electrons. The summed E-state index contributed by atoms with van der Waals surface area (Å²) >= 11 is 3.29. The third kappa shape index (κ3) is 5.56. The van der Waals surface area contributed by atoms with Gasteiger partial charge in [0.2, 0.25) is 5.91 Å². The van der Waals surface area contributed by atoms with Gasteiger partial charge in [-0.2, -0.15) is 11.8 Å². The summed E-state index contributed by atoms with van der Waals surface area (Å²) in [5.41, 5.74) is 5.79. The van der Waals surface area contributed by atoms with Gasteiger partial charge >= 0.3 is 0 Å². The molecule has 7 heteroatoms. The van der Waals surface area contributed by atoms with Crippen molar-refractivity contribution in [1.29, 1.82) is 0 Å². The van der Waals surface area contributed by atoms with E-state index >= 15 is 0 Å². The topological polar surface area (TPSA) is 68.0 Å². The Morgan fingerprint density at radius 2 is 2.33 bits per heavy atom. The van der Waals surface area contributed by atoms with Crippen molar-refractivity contribution in [3.8, 4) is 0 Å². The Hall–Kier alpha value is -0.300. The van der Waals surface area contributed by atoms with Gasteiger partial charge in [-0.3, -0.25) is 4.79 Å². The lowest BCUT2D eigenvalue weighted by Crippen LogP contribution is -2.41. The number of nitrogens with one attached hydrogen (secondary N) is 1. The van der Waals surface area contributed by atoms with Crippen LogP contribution >= 0.6 is 35.5 Å². The van der Waals surface area contributed by atoms with Gasteiger partial charge in [-0.25, -0.2) is 4.98 Å². The monoisotopic (exact) mass is 309 g/mol. The summed E-state index contributed by atoms with van der Waals surface area (Å²) in [7, 11) is 0. The largest absolute Gasteiger partial charge is 0.346 e. The number of nitrogens with zero attached hydrogens (tertiary/aromatic N) is 1. The number of thiazole rings is 1. The number of nitrogens with two attached hydrogens (primary N) is 1. The highest BCUT2D eigenvalue weighted by Crippen LogP contribution is 2.18. The van der Waals surface area contributed by atoms with Crippen molar-refractivity contribution in [2.75, 3.05) is 12.0 Å². The highest BCUT2D eigenvalue weighted by atomic mass is 35.5. The zero-order chi connectivity index (χ0) is 12.8. The average Bonchev–Trinajstić information content (AvgIpc) is 2.72.